The molecule has 65 heavy (non-hydrogen) atoms. The quantitative estimate of drug-likeness (QED) is 0.0918. The van der Waals surface area contributed by atoms with E-state index in [0.29, 0.717) is 17.1 Å². The van der Waals surface area contributed by atoms with Gasteiger partial charge in [-0.25, -0.2) is 16.4 Å². The van der Waals surface area contributed by atoms with Crippen molar-refractivity contribution in [1.29, 1.82) is 0 Å². The number of fused-ring (bicyclic) bond motifs is 3. The molecule has 3 aliphatic rings. The van der Waals surface area contributed by atoms with Gasteiger partial charge in [0.15, 0.2) is 0 Å². The van der Waals surface area contributed by atoms with Gasteiger partial charge in [0.2, 0.25) is 0 Å². The van der Waals surface area contributed by atoms with Crippen molar-refractivity contribution in [3.05, 3.63) is 209 Å². The maximum absolute atomic E-state index is 5.88. The molecule has 0 saturated heterocycles. The Bertz CT molecular complexity index is 2690. The summed E-state index contributed by atoms with van der Waals surface area (Å²) in [5.41, 5.74) is 11.1. The van der Waals surface area contributed by atoms with Crippen molar-refractivity contribution in [1.82, 2.24) is 19.9 Å². The van der Waals surface area contributed by atoms with Gasteiger partial charge in [0.25, 0.3) is 0 Å². The number of hydrogen-bond donors (Lipinski definition) is 0. The Morgan fingerprint density at radius 1 is 0.508 bits per heavy atom. The van der Waals surface area contributed by atoms with E-state index in [0.717, 1.165) is 54.4 Å². The molecule has 0 amide bonds. The number of unbranched alkanes of at least 4 members (excludes halogenated alkanes) is 1. The molecule has 0 bridgehead atoms. The molecule has 0 unspecified atom stereocenters. The number of benzene rings is 6. The molecular weight excluding hydrogens is 1170 g/mol. The molecule has 331 valence electrons. The summed E-state index contributed by atoms with van der Waals surface area (Å²) in [5.74, 6) is 0.800. The molecule has 11 rings (SSSR count). The van der Waals surface area contributed by atoms with Crippen molar-refractivity contribution in [2.24, 2.45) is 0 Å². The van der Waals surface area contributed by atoms with E-state index in [2.05, 4.69) is 178 Å². The number of nitrogens with zero attached hydrogens (tertiary/aromatic N) is 10. The number of anilines is 9. The zero-order valence-electron chi connectivity index (χ0n) is 35.1. The van der Waals surface area contributed by atoms with Crippen LogP contribution in [0.2, 0.25) is 0 Å². The van der Waals surface area contributed by atoms with Gasteiger partial charge in [0, 0.05) is 81.0 Å². The maximum atomic E-state index is 5.88. The van der Waals surface area contributed by atoms with Crippen molar-refractivity contribution >= 4 is 51.2 Å². The third-order valence-electron chi connectivity index (χ3n) is 10.7. The fraction of sp³-hybridized carbons (Fsp3) is 0.0962. The normalized spacial score (nSPS) is 13.2. The van der Waals surface area contributed by atoms with E-state index >= 15 is 0 Å². The van der Waals surface area contributed by atoms with Crippen LogP contribution in [0.1, 0.15) is 12.8 Å². The van der Waals surface area contributed by atoms with Crippen molar-refractivity contribution in [3.8, 4) is 23.0 Å². The second kappa shape index (κ2) is 20.9. The van der Waals surface area contributed by atoms with E-state index in [9.17, 15) is 0 Å². The summed E-state index contributed by atoms with van der Waals surface area (Å²) >= 11 is 0. The van der Waals surface area contributed by atoms with Crippen LogP contribution in [0.4, 0.5) is 51.2 Å². The van der Waals surface area contributed by atoms with Crippen LogP contribution in [0.3, 0.4) is 0 Å². The van der Waals surface area contributed by atoms with Crippen LogP contribution >= 0.6 is 0 Å². The van der Waals surface area contributed by atoms with Crippen LogP contribution in [0, 0.1) is 50.3 Å². The van der Waals surface area contributed by atoms with Crippen molar-refractivity contribution < 1.29 is 45.9 Å². The Kier molecular flexibility index (Phi) is 14.5. The van der Waals surface area contributed by atoms with Crippen LogP contribution in [-0.2, 0) is 41.2 Å². The van der Waals surface area contributed by atoms with E-state index in [1.807, 2.05) is 68.3 Å². The molecule has 0 spiro atoms. The molecule has 3 aliphatic heterocycles. The first-order chi connectivity index (χ1) is 31.2. The summed E-state index contributed by atoms with van der Waals surface area (Å²) in [6, 6.07) is 63.3. The summed E-state index contributed by atoms with van der Waals surface area (Å²) in [4.78, 5) is 29.6. The van der Waals surface area contributed by atoms with Crippen LogP contribution in [-0.4, -0.2) is 40.1 Å². The maximum Gasteiger partial charge on any atom is 0.109 e. The first kappa shape index (κ1) is 45.0. The minimum atomic E-state index is 0. The summed E-state index contributed by atoms with van der Waals surface area (Å²) in [5, 5.41) is 0. The first-order valence-corrected chi connectivity index (χ1v) is 20.7. The number of rotatable bonds is 11. The Morgan fingerprint density at radius 2 is 1.03 bits per heavy atom. The standard InChI is InChI=1S/C30H26N4.C22H14N6O.Ir.Pt/c1-3-13-25(14-4-1)33-23-31(27-17-7-9-19-29(27)33)21-11-12-22-32-24-34(26-15-5-2-6-16-26)30-20-10-8-18-28(30)32;1-27-15-28(21-8-3-2-7-20(21)27)16-5-4-6-17(11-16)29-22-12-19(25-14-26-22)18-9-10-23-13-24-18;;/h1-10,13,15,17-20,23-24H,11-12,21-22H2;2-8,10,13-15H,1H3;;/q2*-4;;. The summed E-state index contributed by atoms with van der Waals surface area (Å²) in [7, 11) is 2.01. The summed E-state index contributed by atoms with van der Waals surface area (Å²) < 4.78 is 5.88. The molecule has 6 aromatic carbocycles. The fourth-order valence-electron chi connectivity index (χ4n) is 7.78. The molecule has 11 nitrogen and oxygen atoms in total. The molecule has 2 aromatic heterocycles. The molecule has 0 atom stereocenters. The van der Waals surface area contributed by atoms with E-state index in [1.165, 1.54) is 41.6 Å². The zero-order valence-corrected chi connectivity index (χ0v) is 39.8. The smallest absolute Gasteiger partial charge is 0.109 e. The molecule has 0 aliphatic carbocycles. The zero-order chi connectivity index (χ0) is 42.4. The number of ether oxygens (including phenoxy) is 1. The van der Waals surface area contributed by atoms with Gasteiger partial charge in [0.05, 0.1) is 12.7 Å². The molecule has 1 radical (unpaired) electrons. The van der Waals surface area contributed by atoms with Crippen molar-refractivity contribution in [2.45, 2.75) is 12.8 Å². The molecule has 0 fully saturated rings. The van der Waals surface area contributed by atoms with Gasteiger partial charge in [-0.05, 0) is 69.4 Å². The average molecular weight is 1210 g/mol. The molecule has 13 heteroatoms. The first-order valence-electron chi connectivity index (χ1n) is 20.7. The third kappa shape index (κ3) is 9.91. The Morgan fingerprint density at radius 3 is 1.60 bits per heavy atom. The Balaban J connectivity index is 0.000000174. The average Bonchev–Trinajstić information content (AvgIpc) is 4.03. The fourth-order valence-corrected chi connectivity index (χ4v) is 7.78. The van der Waals surface area contributed by atoms with Gasteiger partial charge in [-0.15, -0.1) is 35.3 Å². The minimum absolute atomic E-state index is 0. The topological polar surface area (TPSA) is 80.2 Å². The second-order valence-electron chi connectivity index (χ2n) is 14.8. The van der Waals surface area contributed by atoms with Crippen LogP contribution < -0.4 is 34.1 Å². The van der Waals surface area contributed by atoms with Gasteiger partial charge >= 0.3 is 0 Å². The minimum Gasteiger partial charge on any atom is -0.504 e. The van der Waals surface area contributed by atoms with E-state index in [4.69, 9.17) is 4.74 Å². The van der Waals surface area contributed by atoms with Gasteiger partial charge in [-0.3, -0.25) is 11.1 Å². The Labute approximate surface area is 408 Å². The summed E-state index contributed by atoms with van der Waals surface area (Å²) in [6.07, 6.45) is 6.56. The summed E-state index contributed by atoms with van der Waals surface area (Å²) in [6.45, 7) is 8.39. The predicted octanol–water partition coefficient (Wildman–Crippen LogP) is 10.8. The van der Waals surface area contributed by atoms with Crippen molar-refractivity contribution in [2.75, 3.05) is 49.5 Å². The SMILES string of the molecule is CN1[CH-]N(c2[c-]c(Oc3[c-]c(-c4[c-]cncn4)ncn3)ccc2)c2ccccc21.[Ir].[Pt].[c-]1ccccc1N1[CH-]N(CCCCN2[CH-]N(c3[c-]cccc3)c3ccccc32)c2ccccc21. The monoisotopic (exact) mass is 1210 g/mol. The van der Waals surface area contributed by atoms with E-state index in [-0.39, 0.29) is 47.1 Å². The second-order valence-corrected chi connectivity index (χ2v) is 14.8. The van der Waals surface area contributed by atoms with Gasteiger partial charge in [0.1, 0.15) is 5.88 Å². The van der Waals surface area contributed by atoms with Crippen LogP contribution in [0.15, 0.2) is 158 Å². The number of para-hydroxylation sites is 8. The predicted molar refractivity (Wildman–Crippen MR) is 248 cm³/mol. The van der Waals surface area contributed by atoms with Crippen LogP contribution in [0.5, 0.6) is 11.6 Å². The number of aromatic nitrogens is 4. The molecule has 0 saturated carbocycles. The van der Waals surface area contributed by atoms with E-state index in [1.54, 1.807) is 0 Å². The molecule has 5 heterocycles. The van der Waals surface area contributed by atoms with E-state index < -0.39 is 0 Å². The number of hydrogen-bond acceptors (Lipinski definition) is 11. The molecular formula is C52H40IrN10OPt-8. The van der Waals surface area contributed by atoms with Crippen LogP contribution in [0.25, 0.3) is 11.4 Å². The molecule has 8 aromatic rings. The van der Waals surface area contributed by atoms with Crippen molar-refractivity contribution in [3.63, 3.8) is 0 Å². The Hall–Kier alpha value is -6.58. The molecule has 0 N–H and O–H groups in total. The van der Waals surface area contributed by atoms with Gasteiger partial charge in [-0.1, -0.05) is 42.6 Å². The van der Waals surface area contributed by atoms with Gasteiger partial charge in [-0.2, -0.15) is 86.7 Å². The van der Waals surface area contributed by atoms with Gasteiger partial charge < -0.3 is 50.2 Å². The third-order valence-corrected chi connectivity index (χ3v) is 10.7. The largest absolute Gasteiger partial charge is 0.504 e.